The predicted octanol–water partition coefficient (Wildman–Crippen LogP) is 14.7. The second-order valence-electron chi connectivity index (χ2n) is 19.9. The van der Waals surface area contributed by atoms with Crippen LogP contribution in [0.25, 0.3) is 0 Å². The van der Waals surface area contributed by atoms with Crippen LogP contribution in [0.4, 0.5) is 0 Å². The molecular formula is C53H104N2O6. The van der Waals surface area contributed by atoms with Crippen molar-refractivity contribution in [2.75, 3.05) is 26.4 Å². The molecular weight excluding hydrogens is 761 g/mol. The van der Waals surface area contributed by atoms with E-state index in [0.29, 0.717) is 32.7 Å². The van der Waals surface area contributed by atoms with Gasteiger partial charge in [-0.3, -0.25) is 9.59 Å². The van der Waals surface area contributed by atoms with Crippen molar-refractivity contribution in [3.63, 3.8) is 0 Å². The molecule has 2 amide bonds. The van der Waals surface area contributed by atoms with E-state index in [-0.39, 0.29) is 18.4 Å². The van der Waals surface area contributed by atoms with Crippen molar-refractivity contribution >= 4 is 17.8 Å². The lowest BCUT2D eigenvalue weighted by Gasteiger charge is -2.45. The van der Waals surface area contributed by atoms with Crippen LogP contribution in [0.5, 0.6) is 0 Å². The molecule has 8 heteroatoms. The van der Waals surface area contributed by atoms with Gasteiger partial charge in [0.15, 0.2) is 0 Å². The molecule has 1 unspecified atom stereocenters. The number of nitrogens with one attached hydrogen (secondary N) is 2. The molecule has 0 saturated heterocycles. The van der Waals surface area contributed by atoms with Gasteiger partial charge in [-0.2, -0.15) is 0 Å². The molecule has 0 aliphatic heterocycles. The molecule has 362 valence electrons. The van der Waals surface area contributed by atoms with Gasteiger partial charge >= 0.3 is 5.97 Å². The van der Waals surface area contributed by atoms with E-state index in [1.165, 1.54) is 161 Å². The first-order valence-electron chi connectivity index (χ1n) is 26.3. The normalized spacial score (nSPS) is 12.7. The van der Waals surface area contributed by atoms with Crippen molar-refractivity contribution in [1.29, 1.82) is 0 Å². The number of esters is 1. The number of hydrogen-bond donors (Lipinski definition) is 2. The van der Waals surface area contributed by atoms with Gasteiger partial charge < -0.3 is 24.8 Å². The summed E-state index contributed by atoms with van der Waals surface area (Å²) in [6.45, 7) is 19.6. The van der Waals surface area contributed by atoms with E-state index in [1.54, 1.807) is 0 Å². The number of amides is 2. The molecule has 0 fully saturated rings. The van der Waals surface area contributed by atoms with Crippen LogP contribution in [0.2, 0.25) is 0 Å². The number of unbranched alkanes of at least 4 members (excludes halogenated alkanes) is 29. The van der Waals surface area contributed by atoms with Gasteiger partial charge in [0.05, 0.1) is 23.2 Å². The minimum absolute atomic E-state index is 0.0333. The molecule has 0 aromatic heterocycles. The molecule has 61 heavy (non-hydrogen) atoms. The number of carbonyl (C=O) groups excluding carboxylic acids is 3. The standard InChI is InChI=1S/C53H104N2O6/c1-10-13-15-17-19-21-23-25-27-29-31-33-35-37-39-41-44-60-49(57)47(46-54-50(58)52(6,7)53(8,9)61-51(4,5)43-45-59-12-3)55-48(56)42-40-38-36-34-32-30-28-26-24-22-20-18-16-14-11-2/h47H,10-46H2,1-9H3,(H,54,58)(H,55,56). The zero-order valence-corrected chi connectivity index (χ0v) is 42.2. The molecule has 0 heterocycles. The van der Waals surface area contributed by atoms with Crippen molar-refractivity contribution in [3.8, 4) is 0 Å². The van der Waals surface area contributed by atoms with Crippen molar-refractivity contribution < 1.29 is 28.6 Å². The van der Waals surface area contributed by atoms with Crippen LogP contribution in [0, 0.1) is 5.41 Å². The van der Waals surface area contributed by atoms with E-state index < -0.39 is 28.6 Å². The van der Waals surface area contributed by atoms with E-state index in [2.05, 4.69) is 24.5 Å². The average molecular weight is 865 g/mol. The largest absolute Gasteiger partial charge is 0.464 e. The van der Waals surface area contributed by atoms with Gasteiger partial charge in [-0.25, -0.2) is 4.79 Å². The molecule has 0 aliphatic carbocycles. The fourth-order valence-corrected chi connectivity index (χ4v) is 8.06. The van der Waals surface area contributed by atoms with Crippen LogP contribution in [0.3, 0.4) is 0 Å². The Balaban J connectivity index is 4.79. The van der Waals surface area contributed by atoms with E-state index in [4.69, 9.17) is 14.2 Å². The van der Waals surface area contributed by atoms with Gasteiger partial charge in [-0.05, 0) is 67.7 Å². The van der Waals surface area contributed by atoms with Gasteiger partial charge in [0.1, 0.15) is 6.04 Å². The highest BCUT2D eigenvalue weighted by Gasteiger charge is 2.47. The van der Waals surface area contributed by atoms with E-state index in [0.717, 1.165) is 38.5 Å². The highest BCUT2D eigenvalue weighted by atomic mass is 16.5. The summed E-state index contributed by atoms with van der Waals surface area (Å²) in [4.78, 5) is 40.3. The van der Waals surface area contributed by atoms with Gasteiger partial charge in [-0.1, -0.05) is 200 Å². The van der Waals surface area contributed by atoms with Gasteiger partial charge in [0.25, 0.3) is 0 Å². The highest BCUT2D eigenvalue weighted by molar-refractivity contribution is 5.87. The maximum Gasteiger partial charge on any atom is 0.330 e. The second-order valence-corrected chi connectivity index (χ2v) is 19.9. The Labute approximate surface area is 379 Å². The summed E-state index contributed by atoms with van der Waals surface area (Å²) in [6.07, 6.45) is 40.6. The zero-order chi connectivity index (χ0) is 45.5. The Morgan fingerprint density at radius 1 is 0.492 bits per heavy atom. The van der Waals surface area contributed by atoms with Crippen LogP contribution in [-0.4, -0.2) is 61.4 Å². The van der Waals surface area contributed by atoms with Crippen LogP contribution < -0.4 is 10.6 Å². The van der Waals surface area contributed by atoms with Crippen LogP contribution >= 0.6 is 0 Å². The molecule has 0 radical (unpaired) electrons. The summed E-state index contributed by atoms with van der Waals surface area (Å²) < 4.78 is 17.8. The van der Waals surface area contributed by atoms with E-state index in [9.17, 15) is 14.4 Å². The van der Waals surface area contributed by atoms with Crippen LogP contribution in [-0.2, 0) is 28.6 Å². The summed E-state index contributed by atoms with van der Waals surface area (Å²) in [5.74, 6) is -0.908. The third-order valence-corrected chi connectivity index (χ3v) is 13.0. The number of carbonyl (C=O) groups is 3. The molecule has 0 rings (SSSR count). The highest BCUT2D eigenvalue weighted by Crippen LogP contribution is 2.38. The summed E-state index contributed by atoms with van der Waals surface area (Å²) in [5, 5.41) is 5.89. The monoisotopic (exact) mass is 865 g/mol. The van der Waals surface area contributed by atoms with Crippen molar-refractivity contribution in [2.24, 2.45) is 5.41 Å². The van der Waals surface area contributed by atoms with Crippen LogP contribution in [0.1, 0.15) is 274 Å². The summed E-state index contributed by atoms with van der Waals surface area (Å²) >= 11 is 0. The summed E-state index contributed by atoms with van der Waals surface area (Å²) in [5.41, 5.74) is -2.27. The molecule has 0 aromatic carbocycles. The Bertz CT molecular complexity index is 1040. The molecule has 1 atom stereocenters. The first kappa shape index (κ1) is 59.3. The predicted molar refractivity (Wildman–Crippen MR) is 259 cm³/mol. The number of ether oxygens (including phenoxy) is 3. The molecule has 0 bridgehead atoms. The first-order valence-corrected chi connectivity index (χ1v) is 26.3. The SMILES string of the molecule is CCCCCCCCCCCCCCCCCCOC(=O)C(CNC(=O)C(C)(C)C(C)(C)OC(C)(C)CCOCC)NC(=O)CCCCCCCCCCCCCCCCC. The number of rotatable bonds is 45. The lowest BCUT2D eigenvalue weighted by molar-refractivity contribution is -0.187. The zero-order valence-electron chi connectivity index (χ0n) is 42.2. The molecule has 0 aliphatic rings. The third-order valence-electron chi connectivity index (χ3n) is 13.0. The minimum Gasteiger partial charge on any atom is -0.464 e. The molecule has 2 N–H and O–H groups in total. The fourth-order valence-electron chi connectivity index (χ4n) is 8.06. The average Bonchev–Trinajstić information content (AvgIpc) is 3.21. The summed E-state index contributed by atoms with van der Waals surface area (Å²) in [6, 6.07) is -0.948. The maximum absolute atomic E-state index is 13.7. The second kappa shape index (κ2) is 38.8. The van der Waals surface area contributed by atoms with Crippen LogP contribution in [0.15, 0.2) is 0 Å². The molecule has 0 saturated carbocycles. The molecule has 8 nitrogen and oxygen atoms in total. The van der Waals surface area contributed by atoms with Gasteiger partial charge in [0, 0.05) is 26.2 Å². The Hall–Kier alpha value is -1.67. The summed E-state index contributed by atoms with van der Waals surface area (Å²) in [7, 11) is 0. The third kappa shape index (κ3) is 33.5. The van der Waals surface area contributed by atoms with E-state index >= 15 is 0 Å². The van der Waals surface area contributed by atoms with Crippen molar-refractivity contribution in [2.45, 2.75) is 291 Å². The lowest BCUT2D eigenvalue weighted by Crippen LogP contribution is -2.57. The minimum atomic E-state index is -0.948. The van der Waals surface area contributed by atoms with E-state index in [1.807, 2.05) is 48.5 Å². The van der Waals surface area contributed by atoms with Gasteiger partial charge in [0.2, 0.25) is 11.8 Å². The first-order chi connectivity index (χ1) is 29.2. The number of hydrogen-bond acceptors (Lipinski definition) is 6. The topological polar surface area (TPSA) is 103 Å². The Morgan fingerprint density at radius 3 is 1.26 bits per heavy atom. The molecule has 0 spiro atoms. The quantitative estimate of drug-likeness (QED) is 0.0467. The van der Waals surface area contributed by atoms with Crippen molar-refractivity contribution in [1.82, 2.24) is 10.6 Å². The Kier molecular flexibility index (Phi) is 37.7. The maximum atomic E-state index is 13.7. The van der Waals surface area contributed by atoms with Gasteiger partial charge in [-0.15, -0.1) is 0 Å². The molecule has 0 aromatic rings. The smallest absolute Gasteiger partial charge is 0.330 e. The lowest BCUT2D eigenvalue weighted by atomic mass is 9.75. The fraction of sp³-hybridized carbons (Fsp3) is 0.943. The Morgan fingerprint density at radius 2 is 0.869 bits per heavy atom. The van der Waals surface area contributed by atoms with Crippen molar-refractivity contribution in [3.05, 3.63) is 0 Å².